The lowest BCUT2D eigenvalue weighted by Crippen LogP contribution is -2.08. The molecule has 1 aromatic carbocycles. The van der Waals surface area contributed by atoms with E-state index in [1.54, 1.807) is 0 Å². The van der Waals surface area contributed by atoms with Gasteiger partial charge in [-0.2, -0.15) is 0 Å². The molecule has 4 nitrogen and oxygen atoms in total. The van der Waals surface area contributed by atoms with E-state index in [4.69, 9.17) is 5.73 Å². The van der Waals surface area contributed by atoms with E-state index in [0.29, 0.717) is 5.82 Å². The minimum Gasteiger partial charge on any atom is -0.383 e. The Kier molecular flexibility index (Phi) is 4.52. The van der Waals surface area contributed by atoms with Gasteiger partial charge < -0.3 is 11.1 Å². The highest BCUT2D eigenvalue weighted by Crippen LogP contribution is 2.29. The van der Waals surface area contributed by atoms with Crippen molar-refractivity contribution in [1.82, 2.24) is 9.97 Å². The number of anilines is 3. The number of halogens is 1. The van der Waals surface area contributed by atoms with Crippen molar-refractivity contribution in [2.24, 2.45) is 0 Å². The van der Waals surface area contributed by atoms with Crippen molar-refractivity contribution < 1.29 is 0 Å². The molecule has 2 aromatic rings. The van der Waals surface area contributed by atoms with Gasteiger partial charge in [0.2, 0.25) is 0 Å². The first-order chi connectivity index (χ1) is 9.79. The quantitative estimate of drug-likeness (QED) is 0.849. The van der Waals surface area contributed by atoms with Crippen LogP contribution in [0.2, 0.25) is 0 Å². The van der Waals surface area contributed by atoms with E-state index < -0.39 is 0 Å². The molecule has 0 saturated carbocycles. The van der Waals surface area contributed by atoms with Crippen molar-refractivity contribution in [3.63, 3.8) is 0 Å². The van der Waals surface area contributed by atoms with Gasteiger partial charge in [-0.25, -0.2) is 9.97 Å². The highest BCUT2D eigenvalue weighted by molar-refractivity contribution is 9.10. The molecule has 1 heterocycles. The Morgan fingerprint density at radius 1 is 1.10 bits per heavy atom. The van der Waals surface area contributed by atoms with Crippen LogP contribution in [0.15, 0.2) is 16.6 Å². The van der Waals surface area contributed by atoms with Crippen molar-refractivity contribution in [2.45, 2.75) is 40.5 Å². The zero-order chi connectivity index (χ0) is 15.7. The number of hydrogen-bond donors (Lipinski definition) is 2. The number of rotatable bonds is 3. The van der Waals surface area contributed by atoms with Crippen LogP contribution in [0.25, 0.3) is 0 Å². The van der Waals surface area contributed by atoms with E-state index in [1.807, 2.05) is 6.92 Å². The molecule has 0 bridgehead atoms. The Hall–Kier alpha value is -1.62. The SMILES string of the molecule is Cc1cc(Nc2nc(C(C)C)nc(N)c2C)cc(C)c1Br. The topological polar surface area (TPSA) is 63.8 Å². The van der Waals surface area contributed by atoms with Gasteiger partial charge in [0, 0.05) is 21.6 Å². The number of nitrogens with two attached hydrogens (primary N) is 1. The van der Waals surface area contributed by atoms with Crippen molar-refractivity contribution in [2.75, 3.05) is 11.1 Å². The molecule has 0 radical (unpaired) electrons. The molecule has 112 valence electrons. The summed E-state index contributed by atoms with van der Waals surface area (Å²) < 4.78 is 1.13. The predicted octanol–water partition coefficient (Wildman–Crippen LogP) is 4.61. The van der Waals surface area contributed by atoms with Crippen LogP contribution in [0.5, 0.6) is 0 Å². The highest BCUT2D eigenvalue weighted by Gasteiger charge is 2.12. The fourth-order valence-electron chi connectivity index (χ4n) is 2.09. The number of nitrogens with one attached hydrogen (secondary N) is 1. The van der Waals surface area contributed by atoms with E-state index in [1.165, 1.54) is 11.1 Å². The lowest BCUT2D eigenvalue weighted by molar-refractivity contribution is 0.776. The van der Waals surface area contributed by atoms with Crippen molar-refractivity contribution in [3.8, 4) is 0 Å². The predicted molar refractivity (Wildman–Crippen MR) is 92.2 cm³/mol. The molecular weight excluding hydrogens is 328 g/mol. The van der Waals surface area contributed by atoms with Gasteiger partial charge in [0.05, 0.1) is 0 Å². The molecule has 0 aliphatic rings. The normalized spacial score (nSPS) is 11.0. The Labute approximate surface area is 134 Å². The lowest BCUT2D eigenvalue weighted by Gasteiger charge is -2.15. The zero-order valence-electron chi connectivity index (χ0n) is 13.1. The largest absolute Gasteiger partial charge is 0.383 e. The van der Waals surface area contributed by atoms with E-state index >= 15 is 0 Å². The van der Waals surface area contributed by atoms with Gasteiger partial charge in [-0.3, -0.25) is 0 Å². The van der Waals surface area contributed by atoms with Crippen LogP contribution in [-0.2, 0) is 0 Å². The van der Waals surface area contributed by atoms with Gasteiger partial charge in [-0.05, 0) is 44.0 Å². The number of aryl methyl sites for hydroxylation is 2. The van der Waals surface area contributed by atoms with Crippen LogP contribution >= 0.6 is 15.9 Å². The molecule has 0 amide bonds. The molecule has 0 aliphatic heterocycles. The molecular formula is C16H21BrN4. The molecule has 1 aromatic heterocycles. The third kappa shape index (κ3) is 3.35. The summed E-state index contributed by atoms with van der Waals surface area (Å²) in [6.45, 7) is 10.2. The van der Waals surface area contributed by atoms with Gasteiger partial charge in [0.25, 0.3) is 0 Å². The second-order valence-corrected chi connectivity index (χ2v) is 6.44. The van der Waals surface area contributed by atoms with Crippen molar-refractivity contribution in [3.05, 3.63) is 39.1 Å². The third-order valence-corrected chi connectivity index (χ3v) is 4.67. The van der Waals surface area contributed by atoms with Gasteiger partial charge in [0.15, 0.2) is 0 Å². The van der Waals surface area contributed by atoms with Crippen LogP contribution in [0.4, 0.5) is 17.3 Å². The number of nitrogens with zero attached hydrogens (tertiary/aromatic N) is 2. The molecule has 2 rings (SSSR count). The van der Waals surface area contributed by atoms with E-state index in [2.05, 4.69) is 71.0 Å². The molecule has 0 unspecified atom stereocenters. The Morgan fingerprint density at radius 3 is 2.19 bits per heavy atom. The molecule has 0 spiro atoms. The summed E-state index contributed by atoms with van der Waals surface area (Å²) >= 11 is 3.58. The van der Waals surface area contributed by atoms with Crippen LogP contribution < -0.4 is 11.1 Å². The average molecular weight is 349 g/mol. The number of hydrogen-bond acceptors (Lipinski definition) is 4. The summed E-state index contributed by atoms with van der Waals surface area (Å²) in [6.07, 6.45) is 0. The maximum atomic E-state index is 6.00. The first-order valence-electron chi connectivity index (χ1n) is 6.97. The first-order valence-corrected chi connectivity index (χ1v) is 7.76. The Bertz CT molecular complexity index is 657. The van der Waals surface area contributed by atoms with Gasteiger partial charge in [0.1, 0.15) is 17.5 Å². The second-order valence-electron chi connectivity index (χ2n) is 5.64. The molecule has 21 heavy (non-hydrogen) atoms. The van der Waals surface area contributed by atoms with Crippen LogP contribution in [0.1, 0.15) is 42.3 Å². The minimum absolute atomic E-state index is 0.238. The molecule has 5 heteroatoms. The van der Waals surface area contributed by atoms with E-state index in [9.17, 15) is 0 Å². The molecule has 0 aliphatic carbocycles. The maximum Gasteiger partial charge on any atom is 0.139 e. The smallest absolute Gasteiger partial charge is 0.139 e. The maximum absolute atomic E-state index is 6.00. The first kappa shape index (κ1) is 15.8. The average Bonchev–Trinajstić information content (AvgIpc) is 2.40. The van der Waals surface area contributed by atoms with Gasteiger partial charge in [-0.1, -0.05) is 29.8 Å². The van der Waals surface area contributed by atoms with E-state index in [-0.39, 0.29) is 5.92 Å². The van der Waals surface area contributed by atoms with E-state index in [0.717, 1.165) is 27.4 Å². The standard InChI is InChI=1S/C16H21BrN4/c1-8(2)15-20-14(18)11(5)16(21-15)19-12-6-9(3)13(17)10(4)7-12/h6-8H,1-5H3,(H3,18,19,20,21). The summed E-state index contributed by atoms with van der Waals surface area (Å²) in [5, 5.41) is 3.37. The van der Waals surface area contributed by atoms with Crippen LogP contribution in [-0.4, -0.2) is 9.97 Å². The second kappa shape index (κ2) is 6.02. The van der Waals surface area contributed by atoms with Gasteiger partial charge in [-0.15, -0.1) is 0 Å². The zero-order valence-corrected chi connectivity index (χ0v) is 14.7. The summed E-state index contributed by atoms with van der Waals surface area (Å²) in [5.74, 6) is 2.29. The van der Waals surface area contributed by atoms with Crippen LogP contribution in [0, 0.1) is 20.8 Å². The number of benzene rings is 1. The van der Waals surface area contributed by atoms with Crippen molar-refractivity contribution in [1.29, 1.82) is 0 Å². The Balaban J connectivity index is 2.44. The lowest BCUT2D eigenvalue weighted by atomic mass is 10.1. The minimum atomic E-state index is 0.238. The van der Waals surface area contributed by atoms with Crippen LogP contribution in [0.3, 0.4) is 0 Å². The molecule has 0 saturated heterocycles. The van der Waals surface area contributed by atoms with Gasteiger partial charge >= 0.3 is 0 Å². The summed E-state index contributed by atoms with van der Waals surface area (Å²) in [5.41, 5.74) is 10.2. The monoisotopic (exact) mass is 348 g/mol. The summed E-state index contributed by atoms with van der Waals surface area (Å²) in [6, 6.07) is 4.17. The van der Waals surface area contributed by atoms with Crippen molar-refractivity contribution >= 4 is 33.3 Å². The summed E-state index contributed by atoms with van der Waals surface area (Å²) in [7, 11) is 0. The fraction of sp³-hybridized carbons (Fsp3) is 0.375. The number of nitrogen functional groups attached to an aromatic ring is 1. The molecule has 3 N–H and O–H groups in total. The number of aromatic nitrogens is 2. The summed E-state index contributed by atoms with van der Waals surface area (Å²) in [4.78, 5) is 8.94. The molecule has 0 atom stereocenters. The molecule has 0 fully saturated rings. The third-order valence-electron chi connectivity index (χ3n) is 3.42. The Morgan fingerprint density at radius 2 is 1.67 bits per heavy atom. The fourth-order valence-corrected chi connectivity index (χ4v) is 2.32. The highest BCUT2D eigenvalue weighted by atomic mass is 79.9.